The van der Waals surface area contributed by atoms with E-state index in [0.717, 1.165) is 23.5 Å². The van der Waals surface area contributed by atoms with Crippen molar-refractivity contribution in [3.05, 3.63) is 46.3 Å². The van der Waals surface area contributed by atoms with Crippen LogP contribution in [0.15, 0.2) is 34.5 Å². The fourth-order valence-electron chi connectivity index (χ4n) is 2.90. The number of hydrogen-bond donors (Lipinski definition) is 0. The quantitative estimate of drug-likeness (QED) is 0.589. The number of halogens is 3. The third-order valence-electron chi connectivity index (χ3n) is 4.42. The number of piperazine rings is 1. The Balaban J connectivity index is 1.43. The highest BCUT2D eigenvalue weighted by Crippen LogP contribution is 2.28. The van der Waals surface area contributed by atoms with Gasteiger partial charge in [-0.1, -0.05) is 11.6 Å². The molecule has 1 aromatic heterocycles. The van der Waals surface area contributed by atoms with E-state index in [-0.39, 0.29) is 42.0 Å². The van der Waals surface area contributed by atoms with Gasteiger partial charge in [-0.05, 0) is 30.7 Å². The predicted molar refractivity (Wildman–Crippen MR) is 106 cm³/mol. The summed E-state index contributed by atoms with van der Waals surface area (Å²) in [6.45, 7) is 1.12. The monoisotopic (exact) mass is 464 g/mol. The Morgan fingerprint density at radius 3 is 2.48 bits per heavy atom. The van der Waals surface area contributed by atoms with Gasteiger partial charge in [-0.2, -0.15) is 4.31 Å². The van der Waals surface area contributed by atoms with E-state index in [9.17, 15) is 22.0 Å². The molecule has 0 spiro atoms. The van der Waals surface area contributed by atoms with E-state index in [2.05, 4.69) is 0 Å². The molecular weight excluding hydrogens is 446 g/mol. The van der Waals surface area contributed by atoms with Crippen LogP contribution in [-0.4, -0.2) is 56.3 Å². The van der Waals surface area contributed by atoms with Gasteiger partial charge in [0.25, 0.3) is 10.0 Å². The first kappa shape index (κ1) is 21.9. The average Bonchev–Trinajstić information content (AvgIpc) is 3.14. The molecule has 29 heavy (non-hydrogen) atoms. The minimum absolute atomic E-state index is 0.0636. The van der Waals surface area contributed by atoms with Gasteiger partial charge in [-0.25, -0.2) is 17.2 Å². The average molecular weight is 465 g/mol. The summed E-state index contributed by atoms with van der Waals surface area (Å²) >= 11 is 6.82. The molecule has 1 aliphatic rings. The van der Waals surface area contributed by atoms with E-state index >= 15 is 0 Å². The highest BCUT2D eigenvalue weighted by Gasteiger charge is 2.30. The standard InChI is InChI=1S/C18H19ClF2N2O4S2/c19-16-5-6-18(28-16)29(25,26)23-9-7-22(8-10-23)17(24)2-1-11-27-15-4-3-13(20)12-14(15)21/h3-6,12H,1-2,7-11H2. The number of sulfonamides is 1. The van der Waals surface area contributed by atoms with Gasteiger partial charge in [0.2, 0.25) is 5.91 Å². The lowest BCUT2D eigenvalue weighted by molar-refractivity contribution is -0.132. The van der Waals surface area contributed by atoms with Crippen LogP contribution < -0.4 is 4.74 Å². The van der Waals surface area contributed by atoms with Gasteiger partial charge in [0.05, 0.1) is 10.9 Å². The Morgan fingerprint density at radius 2 is 1.86 bits per heavy atom. The smallest absolute Gasteiger partial charge is 0.252 e. The lowest BCUT2D eigenvalue weighted by Gasteiger charge is -2.33. The van der Waals surface area contributed by atoms with Crippen LogP contribution in [0.1, 0.15) is 12.8 Å². The van der Waals surface area contributed by atoms with Gasteiger partial charge in [0.1, 0.15) is 10.0 Å². The van der Waals surface area contributed by atoms with Crippen LogP contribution in [0.5, 0.6) is 5.75 Å². The summed E-state index contributed by atoms with van der Waals surface area (Å²) in [7, 11) is -3.60. The number of nitrogens with zero attached hydrogens (tertiary/aromatic N) is 2. The topological polar surface area (TPSA) is 66.9 Å². The van der Waals surface area contributed by atoms with Crippen LogP contribution >= 0.6 is 22.9 Å². The zero-order valence-electron chi connectivity index (χ0n) is 15.3. The molecule has 3 rings (SSSR count). The number of benzene rings is 1. The Hall–Kier alpha value is -1.75. The molecule has 0 atom stereocenters. The molecule has 0 N–H and O–H groups in total. The second kappa shape index (κ2) is 9.38. The van der Waals surface area contributed by atoms with E-state index in [1.807, 2.05) is 0 Å². The zero-order chi connectivity index (χ0) is 21.0. The maximum Gasteiger partial charge on any atom is 0.252 e. The van der Waals surface area contributed by atoms with E-state index in [1.165, 1.54) is 16.4 Å². The fraction of sp³-hybridized carbons (Fsp3) is 0.389. The summed E-state index contributed by atoms with van der Waals surface area (Å²) in [5.41, 5.74) is 0. The number of hydrogen-bond acceptors (Lipinski definition) is 5. The fourth-order valence-corrected chi connectivity index (χ4v) is 5.96. The van der Waals surface area contributed by atoms with Gasteiger partial charge in [-0.15, -0.1) is 11.3 Å². The van der Waals surface area contributed by atoms with Gasteiger partial charge in [-0.3, -0.25) is 4.79 Å². The lowest BCUT2D eigenvalue weighted by atomic mass is 10.2. The molecule has 0 unspecified atom stereocenters. The van der Waals surface area contributed by atoms with Crippen LogP contribution in [0.25, 0.3) is 0 Å². The molecule has 6 nitrogen and oxygen atoms in total. The van der Waals surface area contributed by atoms with Crippen LogP contribution in [0.4, 0.5) is 8.78 Å². The van der Waals surface area contributed by atoms with E-state index < -0.39 is 21.7 Å². The number of thiophene rings is 1. The SMILES string of the molecule is O=C(CCCOc1ccc(F)cc1F)N1CCN(S(=O)(=O)c2ccc(Cl)s2)CC1. The molecule has 1 aromatic carbocycles. The summed E-state index contributed by atoms with van der Waals surface area (Å²) < 4.78 is 58.7. The molecule has 1 aliphatic heterocycles. The summed E-state index contributed by atoms with van der Waals surface area (Å²) in [5, 5.41) is 0. The van der Waals surface area contributed by atoms with Crippen LogP contribution in [-0.2, 0) is 14.8 Å². The van der Waals surface area contributed by atoms with E-state index in [0.29, 0.717) is 23.8 Å². The van der Waals surface area contributed by atoms with Crippen molar-refractivity contribution in [2.24, 2.45) is 0 Å². The number of amides is 1. The van der Waals surface area contributed by atoms with Crippen molar-refractivity contribution in [3.63, 3.8) is 0 Å². The lowest BCUT2D eigenvalue weighted by Crippen LogP contribution is -2.50. The molecule has 1 amide bonds. The van der Waals surface area contributed by atoms with Crippen molar-refractivity contribution in [2.45, 2.75) is 17.1 Å². The van der Waals surface area contributed by atoms with Crippen molar-refractivity contribution >= 4 is 38.9 Å². The molecule has 0 aliphatic carbocycles. The van der Waals surface area contributed by atoms with Crippen molar-refractivity contribution in [1.29, 1.82) is 0 Å². The highest BCUT2D eigenvalue weighted by atomic mass is 35.5. The summed E-state index contributed by atoms with van der Waals surface area (Å²) in [5.74, 6) is -1.66. The Morgan fingerprint density at radius 1 is 1.14 bits per heavy atom. The molecule has 0 saturated carbocycles. The number of carbonyl (C=O) groups excluding carboxylic acids is 1. The van der Waals surface area contributed by atoms with Gasteiger partial charge in [0, 0.05) is 38.7 Å². The summed E-state index contributed by atoms with van der Waals surface area (Å²) in [4.78, 5) is 13.9. The van der Waals surface area contributed by atoms with Crippen molar-refractivity contribution in [2.75, 3.05) is 32.8 Å². The second-order valence-electron chi connectivity index (χ2n) is 6.37. The third kappa shape index (κ3) is 5.44. The van der Waals surface area contributed by atoms with Crippen molar-refractivity contribution < 1.29 is 26.7 Å². The molecule has 0 radical (unpaired) electrons. The first-order valence-electron chi connectivity index (χ1n) is 8.88. The first-order chi connectivity index (χ1) is 13.8. The normalized spacial score (nSPS) is 15.5. The Bertz CT molecular complexity index is 976. The van der Waals surface area contributed by atoms with Gasteiger partial charge < -0.3 is 9.64 Å². The summed E-state index contributed by atoms with van der Waals surface area (Å²) in [6.07, 6.45) is 0.554. The van der Waals surface area contributed by atoms with E-state index in [4.69, 9.17) is 16.3 Å². The molecule has 0 bridgehead atoms. The predicted octanol–water partition coefficient (Wildman–Crippen LogP) is 3.37. The Labute approximate surface area is 176 Å². The molecule has 2 heterocycles. The number of rotatable bonds is 7. The largest absolute Gasteiger partial charge is 0.491 e. The van der Waals surface area contributed by atoms with Crippen molar-refractivity contribution in [1.82, 2.24) is 9.21 Å². The maximum atomic E-state index is 13.5. The zero-order valence-corrected chi connectivity index (χ0v) is 17.7. The molecular formula is C18H19ClF2N2O4S2. The number of carbonyl (C=O) groups is 1. The third-order valence-corrected chi connectivity index (χ3v) is 8.02. The van der Waals surface area contributed by atoms with Crippen LogP contribution in [0.3, 0.4) is 0 Å². The van der Waals surface area contributed by atoms with Crippen LogP contribution in [0.2, 0.25) is 4.34 Å². The molecule has 11 heteroatoms. The van der Waals surface area contributed by atoms with Gasteiger partial charge in [0.15, 0.2) is 11.6 Å². The van der Waals surface area contributed by atoms with E-state index in [1.54, 1.807) is 11.0 Å². The second-order valence-corrected chi connectivity index (χ2v) is 10.3. The maximum absolute atomic E-state index is 13.5. The highest BCUT2D eigenvalue weighted by molar-refractivity contribution is 7.91. The Kier molecular flexibility index (Phi) is 7.10. The van der Waals surface area contributed by atoms with Crippen molar-refractivity contribution in [3.8, 4) is 5.75 Å². The van der Waals surface area contributed by atoms with Crippen LogP contribution in [0, 0.1) is 11.6 Å². The molecule has 1 saturated heterocycles. The summed E-state index contributed by atoms with van der Waals surface area (Å²) in [6, 6.07) is 6.05. The molecule has 2 aromatic rings. The minimum atomic E-state index is -3.60. The molecule has 158 valence electrons. The van der Waals surface area contributed by atoms with Gasteiger partial charge >= 0.3 is 0 Å². The molecule has 1 fully saturated rings. The first-order valence-corrected chi connectivity index (χ1v) is 11.5. The number of ether oxygens (including phenoxy) is 1. The minimum Gasteiger partial charge on any atom is -0.491 e.